The highest BCUT2D eigenvalue weighted by Gasteiger charge is 2.36. The molecule has 0 bridgehead atoms. The Morgan fingerprint density at radius 1 is 1.23 bits per heavy atom. The fourth-order valence-corrected chi connectivity index (χ4v) is 4.99. The lowest BCUT2D eigenvalue weighted by Gasteiger charge is -2.29. The summed E-state index contributed by atoms with van der Waals surface area (Å²) in [4.78, 5) is 26.2. The molecule has 6 nitrogen and oxygen atoms in total. The van der Waals surface area contributed by atoms with Crippen LogP contribution < -0.4 is 15.5 Å². The van der Waals surface area contributed by atoms with E-state index in [0.717, 1.165) is 43.5 Å². The zero-order chi connectivity index (χ0) is 21.9. The molecule has 1 fully saturated rings. The van der Waals surface area contributed by atoms with Crippen LogP contribution >= 0.6 is 0 Å². The molecule has 166 valence electrons. The van der Waals surface area contributed by atoms with Gasteiger partial charge in [0.05, 0.1) is 0 Å². The molecule has 30 heavy (non-hydrogen) atoms. The van der Waals surface area contributed by atoms with Crippen LogP contribution in [-0.2, 0) is 10.2 Å². The van der Waals surface area contributed by atoms with Gasteiger partial charge in [-0.05, 0) is 43.0 Å². The molecule has 3 rings (SSSR count). The smallest absolute Gasteiger partial charge is 0.405 e. The Bertz CT molecular complexity index is 777. The van der Waals surface area contributed by atoms with Gasteiger partial charge in [0, 0.05) is 30.2 Å². The number of hydrogen-bond donors (Lipinski definition) is 3. The van der Waals surface area contributed by atoms with E-state index in [1.165, 1.54) is 12.5 Å². The molecule has 2 atom stereocenters. The van der Waals surface area contributed by atoms with Gasteiger partial charge in [-0.2, -0.15) is 0 Å². The number of benzene rings is 1. The summed E-state index contributed by atoms with van der Waals surface area (Å²) in [5.41, 5.74) is 1.80. The van der Waals surface area contributed by atoms with Gasteiger partial charge in [-0.15, -0.1) is 0 Å². The average molecular weight is 420 g/mol. The Morgan fingerprint density at radius 2 is 1.93 bits per heavy atom. The van der Waals surface area contributed by atoms with Crippen molar-refractivity contribution in [2.45, 2.75) is 76.8 Å². The van der Waals surface area contributed by atoms with E-state index >= 15 is 0 Å². The third-order valence-electron chi connectivity index (χ3n) is 6.41. The van der Waals surface area contributed by atoms with Gasteiger partial charge in [0.2, 0.25) is 5.91 Å². The normalized spacial score (nSPS) is 20.3. The largest absolute Gasteiger partial charge is 0.465 e. The van der Waals surface area contributed by atoms with Gasteiger partial charge in [-0.3, -0.25) is 4.79 Å². The van der Waals surface area contributed by atoms with Crippen molar-refractivity contribution >= 4 is 17.7 Å². The molecule has 1 saturated carbocycles. The predicted octanol–water partition coefficient (Wildman–Crippen LogP) is 4.03. The predicted molar refractivity (Wildman–Crippen MR) is 115 cm³/mol. The molecule has 0 radical (unpaired) electrons. The minimum Gasteiger partial charge on any atom is -0.465 e. The van der Waals surface area contributed by atoms with Gasteiger partial charge in [0.25, 0.3) is 0 Å². The minimum absolute atomic E-state index is 0.171. The molecule has 2 aliphatic rings. The van der Waals surface area contributed by atoms with E-state index < -0.39 is 12.1 Å². The standard InChI is InChI=1S/C23H34FN3O3/c1-15(13-27-14-23(2,3)18-12-17(24)9-10-20(18)27)25-21(28)19(26-22(29)30)11-16-7-5-4-6-8-16/h9-10,12,15-16,19,26H,4-8,11,13-14H2,1-3H3,(H,25,28)(H,29,30). The summed E-state index contributed by atoms with van der Waals surface area (Å²) in [6, 6.07) is 3.95. The zero-order valence-corrected chi connectivity index (χ0v) is 18.2. The third-order valence-corrected chi connectivity index (χ3v) is 6.41. The van der Waals surface area contributed by atoms with Crippen molar-refractivity contribution in [3.05, 3.63) is 29.6 Å². The van der Waals surface area contributed by atoms with Crippen molar-refractivity contribution in [3.8, 4) is 0 Å². The molecule has 2 amide bonds. The fourth-order valence-electron chi connectivity index (χ4n) is 4.99. The topological polar surface area (TPSA) is 81.7 Å². The number of fused-ring (bicyclic) bond motifs is 1. The first kappa shape index (κ1) is 22.4. The number of carbonyl (C=O) groups is 2. The number of nitrogens with zero attached hydrogens (tertiary/aromatic N) is 1. The summed E-state index contributed by atoms with van der Waals surface area (Å²) in [6.45, 7) is 7.42. The van der Waals surface area contributed by atoms with Crippen molar-refractivity contribution < 1.29 is 19.1 Å². The van der Waals surface area contributed by atoms with Gasteiger partial charge in [0.15, 0.2) is 0 Å². The number of nitrogens with one attached hydrogen (secondary N) is 2. The van der Waals surface area contributed by atoms with E-state index in [2.05, 4.69) is 29.4 Å². The maximum absolute atomic E-state index is 13.7. The summed E-state index contributed by atoms with van der Waals surface area (Å²) in [6.07, 6.45) is 4.99. The van der Waals surface area contributed by atoms with Crippen molar-refractivity contribution in [3.63, 3.8) is 0 Å². The molecule has 0 saturated heterocycles. The van der Waals surface area contributed by atoms with Crippen molar-refractivity contribution in [2.75, 3.05) is 18.0 Å². The van der Waals surface area contributed by atoms with E-state index in [4.69, 9.17) is 0 Å². The summed E-state index contributed by atoms with van der Waals surface area (Å²) in [7, 11) is 0. The van der Waals surface area contributed by atoms with Gasteiger partial charge in [-0.25, -0.2) is 9.18 Å². The number of anilines is 1. The van der Waals surface area contributed by atoms with Crippen molar-refractivity contribution in [1.82, 2.24) is 10.6 Å². The number of hydrogen-bond acceptors (Lipinski definition) is 3. The zero-order valence-electron chi connectivity index (χ0n) is 18.2. The number of rotatable bonds is 7. The molecule has 2 unspecified atom stereocenters. The van der Waals surface area contributed by atoms with Crippen LogP contribution in [-0.4, -0.2) is 42.3 Å². The Morgan fingerprint density at radius 3 is 2.60 bits per heavy atom. The van der Waals surface area contributed by atoms with Gasteiger partial charge < -0.3 is 20.6 Å². The van der Waals surface area contributed by atoms with E-state index in [9.17, 15) is 19.1 Å². The maximum atomic E-state index is 13.7. The highest BCUT2D eigenvalue weighted by atomic mass is 19.1. The van der Waals surface area contributed by atoms with Crippen LogP contribution in [0.3, 0.4) is 0 Å². The fraction of sp³-hybridized carbons (Fsp3) is 0.652. The van der Waals surface area contributed by atoms with Gasteiger partial charge in [0.1, 0.15) is 11.9 Å². The van der Waals surface area contributed by atoms with E-state index in [1.807, 2.05) is 6.92 Å². The van der Waals surface area contributed by atoms with Gasteiger partial charge >= 0.3 is 6.09 Å². The monoisotopic (exact) mass is 419 g/mol. The Labute approximate surface area is 178 Å². The molecule has 3 N–H and O–H groups in total. The lowest BCUT2D eigenvalue weighted by Crippen LogP contribution is -2.52. The highest BCUT2D eigenvalue weighted by molar-refractivity contribution is 5.85. The van der Waals surface area contributed by atoms with Crippen LogP contribution in [0.4, 0.5) is 14.9 Å². The Kier molecular flexibility index (Phi) is 6.88. The van der Waals surface area contributed by atoms with Gasteiger partial charge in [-0.1, -0.05) is 46.0 Å². The number of amides is 2. The quantitative estimate of drug-likeness (QED) is 0.623. The first-order chi connectivity index (χ1) is 14.2. The second-order valence-electron chi connectivity index (χ2n) is 9.58. The van der Waals surface area contributed by atoms with Crippen LogP contribution in [0.2, 0.25) is 0 Å². The molecule has 1 aromatic carbocycles. The van der Waals surface area contributed by atoms with Crippen LogP contribution in [0.5, 0.6) is 0 Å². The van der Waals surface area contributed by atoms with E-state index in [-0.39, 0.29) is 23.2 Å². The summed E-state index contributed by atoms with van der Waals surface area (Å²) < 4.78 is 13.7. The summed E-state index contributed by atoms with van der Waals surface area (Å²) in [5, 5.41) is 14.6. The second kappa shape index (κ2) is 9.23. The summed E-state index contributed by atoms with van der Waals surface area (Å²) in [5.74, 6) is -0.124. The minimum atomic E-state index is -1.17. The SMILES string of the molecule is CC(CN1CC(C)(C)c2cc(F)ccc21)NC(=O)C(CC1CCCCC1)NC(=O)O. The second-order valence-corrected chi connectivity index (χ2v) is 9.58. The van der Waals surface area contributed by atoms with Crippen molar-refractivity contribution in [1.29, 1.82) is 0 Å². The first-order valence-electron chi connectivity index (χ1n) is 11.0. The van der Waals surface area contributed by atoms with Crippen molar-refractivity contribution in [2.24, 2.45) is 5.92 Å². The molecule has 1 aliphatic heterocycles. The Balaban J connectivity index is 1.62. The van der Waals surface area contributed by atoms with E-state index in [1.54, 1.807) is 12.1 Å². The molecular formula is C23H34FN3O3. The molecule has 1 aromatic rings. The van der Waals surface area contributed by atoms with E-state index in [0.29, 0.717) is 18.9 Å². The Hall–Kier alpha value is -2.31. The number of carboxylic acid groups (broad SMARTS) is 1. The van der Waals surface area contributed by atoms with Crippen LogP contribution in [0.15, 0.2) is 18.2 Å². The number of carbonyl (C=O) groups excluding carboxylic acids is 1. The first-order valence-corrected chi connectivity index (χ1v) is 11.0. The molecule has 1 aliphatic carbocycles. The molecule has 1 heterocycles. The van der Waals surface area contributed by atoms with Crippen LogP contribution in [0.1, 0.15) is 64.9 Å². The molecule has 0 spiro atoms. The molecular weight excluding hydrogens is 385 g/mol. The lowest BCUT2D eigenvalue weighted by atomic mass is 9.84. The highest BCUT2D eigenvalue weighted by Crippen LogP contribution is 2.40. The molecule has 0 aromatic heterocycles. The molecule has 7 heteroatoms. The summed E-state index contributed by atoms with van der Waals surface area (Å²) >= 11 is 0. The average Bonchev–Trinajstić information content (AvgIpc) is 2.91. The number of halogens is 1. The van der Waals surface area contributed by atoms with Crippen LogP contribution in [0.25, 0.3) is 0 Å². The third kappa shape index (κ3) is 5.43. The maximum Gasteiger partial charge on any atom is 0.405 e. The lowest BCUT2D eigenvalue weighted by molar-refractivity contribution is -0.124. The van der Waals surface area contributed by atoms with Crippen LogP contribution in [0, 0.1) is 11.7 Å².